The van der Waals surface area contributed by atoms with Gasteiger partial charge in [0, 0.05) is 24.2 Å². The third-order valence-electron chi connectivity index (χ3n) is 5.35. The lowest BCUT2D eigenvalue weighted by atomic mass is 10.0. The van der Waals surface area contributed by atoms with Gasteiger partial charge in [-0.05, 0) is 59.0 Å². The summed E-state index contributed by atoms with van der Waals surface area (Å²) in [5, 5.41) is 5.39. The molecule has 35 heavy (non-hydrogen) atoms. The maximum atomic E-state index is 12.9. The van der Waals surface area contributed by atoms with Gasteiger partial charge in [-0.3, -0.25) is 19.9 Å². The van der Waals surface area contributed by atoms with E-state index in [4.69, 9.17) is 13.9 Å². The molecular weight excluding hydrogens is 464 g/mol. The number of amides is 1. The quantitative estimate of drug-likeness (QED) is 0.221. The predicted molar refractivity (Wildman–Crippen MR) is 135 cm³/mol. The van der Waals surface area contributed by atoms with Crippen LogP contribution in [-0.2, 0) is 4.79 Å². The van der Waals surface area contributed by atoms with Gasteiger partial charge in [0.15, 0.2) is 0 Å². The molecule has 0 fully saturated rings. The Morgan fingerprint density at radius 2 is 1.86 bits per heavy atom. The average molecular weight is 485 g/mol. The second kappa shape index (κ2) is 9.44. The molecule has 8 heteroatoms. The Balaban J connectivity index is 1.70. The van der Waals surface area contributed by atoms with Gasteiger partial charge in [0.1, 0.15) is 17.1 Å². The molecule has 0 radical (unpaired) electrons. The Hall–Kier alpha value is -4.43. The molecule has 2 aromatic carbocycles. The smallest absolute Gasteiger partial charge is 0.308 e. The second-order valence-corrected chi connectivity index (χ2v) is 8.60. The molecule has 0 saturated carbocycles. The number of ether oxygens (including phenoxy) is 2. The standard InChI is InChI=1S/C27H20N2O5S/c1-16(30)33-21-13-19(17-7-9-20(32-2)10-8-17)14-22-24(21)25(23-6-4-12-35-23)27(34-22)29-26(31)18-5-3-11-28-15-18/h3-15H,1-2H3,(H,29,31). The Kier molecular flexibility index (Phi) is 6.03. The van der Waals surface area contributed by atoms with E-state index in [0.717, 1.165) is 21.8 Å². The Labute approximate surface area is 204 Å². The van der Waals surface area contributed by atoms with Crippen LogP contribution < -0.4 is 14.8 Å². The fourth-order valence-corrected chi connectivity index (χ4v) is 4.57. The zero-order valence-corrected chi connectivity index (χ0v) is 19.7. The van der Waals surface area contributed by atoms with Crippen molar-refractivity contribution in [1.82, 2.24) is 4.98 Å². The molecule has 1 N–H and O–H groups in total. The van der Waals surface area contributed by atoms with Crippen LogP contribution in [0, 0.1) is 0 Å². The number of nitrogens with zero attached hydrogens (tertiary/aromatic N) is 1. The number of furan rings is 1. The number of pyridine rings is 1. The number of nitrogens with one attached hydrogen (secondary N) is 1. The van der Waals surface area contributed by atoms with E-state index >= 15 is 0 Å². The van der Waals surface area contributed by atoms with Crippen LogP contribution in [0.4, 0.5) is 5.88 Å². The Bertz CT molecular complexity index is 1510. The number of methoxy groups -OCH3 is 1. The van der Waals surface area contributed by atoms with E-state index in [2.05, 4.69) is 10.3 Å². The molecule has 0 aliphatic heterocycles. The molecule has 0 spiro atoms. The third kappa shape index (κ3) is 4.51. The highest BCUT2D eigenvalue weighted by atomic mass is 32.1. The molecule has 0 aliphatic carbocycles. The summed E-state index contributed by atoms with van der Waals surface area (Å²) in [6.07, 6.45) is 3.08. The molecule has 0 aliphatic rings. The second-order valence-electron chi connectivity index (χ2n) is 7.65. The fourth-order valence-electron chi connectivity index (χ4n) is 3.79. The summed E-state index contributed by atoms with van der Waals surface area (Å²) in [6.45, 7) is 1.35. The lowest BCUT2D eigenvalue weighted by molar-refractivity contribution is -0.131. The van der Waals surface area contributed by atoms with Gasteiger partial charge in [-0.25, -0.2) is 0 Å². The molecule has 0 saturated heterocycles. The van der Waals surface area contributed by atoms with Crippen LogP contribution in [0.5, 0.6) is 11.5 Å². The molecular formula is C27H20N2O5S. The van der Waals surface area contributed by atoms with Crippen LogP contribution in [-0.4, -0.2) is 24.0 Å². The van der Waals surface area contributed by atoms with E-state index in [0.29, 0.717) is 27.8 Å². The van der Waals surface area contributed by atoms with Crippen LogP contribution in [0.2, 0.25) is 0 Å². The molecule has 3 heterocycles. The number of hydrogen-bond acceptors (Lipinski definition) is 7. The fraction of sp³-hybridized carbons (Fsp3) is 0.0741. The van der Waals surface area contributed by atoms with E-state index in [1.54, 1.807) is 31.5 Å². The highest BCUT2D eigenvalue weighted by Crippen LogP contribution is 2.46. The van der Waals surface area contributed by atoms with Crippen LogP contribution in [0.25, 0.3) is 32.5 Å². The number of thiophene rings is 1. The first kappa shape index (κ1) is 22.4. The van der Waals surface area contributed by atoms with Crippen LogP contribution in [0.1, 0.15) is 17.3 Å². The van der Waals surface area contributed by atoms with E-state index in [1.807, 2.05) is 47.8 Å². The summed E-state index contributed by atoms with van der Waals surface area (Å²) < 4.78 is 17.1. The van der Waals surface area contributed by atoms with Crippen molar-refractivity contribution >= 4 is 40.1 Å². The van der Waals surface area contributed by atoms with E-state index in [9.17, 15) is 9.59 Å². The summed E-state index contributed by atoms with van der Waals surface area (Å²) in [5.74, 6) is 0.511. The molecule has 3 aromatic heterocycles. The van der Waals surface area contributed by atoms with Crippen molar-refractivity contribution in [3.05, 3.63) is 84.0 Å². The van der Waals surface area contributed by atoms with Crippen LogP contribution in [0.15, 0.2) is 82.9 Å². The van der Waals surface area contributed by atoms with Crippen molar-refractivity contribution in [3.8, 4) is 33.1 Å². The van der Waals surface area contributed by atoms with Gasteiger partial charge < -0.3 is 13.9 Å². The monoisotopic (exact) mass is 484 g/mol. The van der Waals surface area contributed by atoms with Crippen LogP contribution >= 0.6 is 11.3 Å². The van der Waals surface area contributed by atoms with Gasteiger partial charge in [0.2, 0.25) is 5.88 Å². The van der Waals surface area contributed by atoms with Gasteiger partial charge in [0.05, 0.1) is 23.6 Å². The van der Waals surface area contributed by atoms with Crippen molar-refractivity contribution in [2.45, 2.75) is 6.92 Å². The van der Waals surface area contributed by atoms with Crippen molar-refractivity contribution in [2.75, 3.05) is 12.4 Å². The van der Waals surface area contributed by atoms with Crippen molar-refractivity contribution in [2.24, 2.45) is 0 Å². The zero-order valence-electron chi connectivity index (χ0n) is 18.9. The number of esters is 1. The van der Waals surface area contributed by atoms with Gasteiger partial charge in [0.25, 0.3) is 5.91 Å². The van der Waals surface area contributed by atoms with Crippen molar-refractivity contribution in [3.63, 3.8) is 0 Å². The number of carbonyl (C=O) groups is 2. The first-order valence-electron chi connectivity index (χ1n) is 10.7. The molecule has 7 nitrogen and oxygen atoms in total. The predicted octanol–water partition coefficient (Wildman–Crippen LogP) is 6.41. The number of rotatable bonds is 6. The maximum absolute atomic E-state index is 12.9. The summed E-state index contributed by atoms with van der Waals surface area (Å²) in [6, 6.07) is 18.4. The number of fused-ring (bicyclic) bond motifs is 1. The topological polar surface area (TPSA) is 90.7 Å². The maximum Gasteiger partial charge on any atom is 0.308 e. The van der Waals surface area contributed by atoms with Gasteiger partial charge in [-0.1, -0.05) is 18.2 Å². The number of aromatic nitrogens is 1. The minimum absolute atomic E-state index is 0.261. The molecule has 5 rings (SSSR count). The third-order valence-corrected chi connectivity index (χ3v) is 6.24. The van der Waals surface area contributed by atoms with Gasteiger partial charge in [-0.15, -0.1) is 11.3 Å². The van der Waals surface area contributed by atoms with E-state index in [1.165, 1.54) is 24.5 Å². The Morgan fingerprint density at radius 1 is 1.03 bits per heavy atom. The summed E-state index contributed by atoms with van der Waals surface area (Å²) in [4.78, 5) is 29.8. The molecule has 0 unspecified atom stereocenters. The zero-order chi connectivity index (χ0) is 24.4. The van der Waals surface area contributed by atoms with E-state index in [-0.39, 0.29) is 11.8 Å². The van der Waals surface area contributed by atoms with Crippen molar-refractivity contribution in [1.29, 1.82) is 0 Å². The lowest BCUT2D eigenvalue weighted by Gasteiger charge is -2.09. The molecule has 5 aromatic rings. The van der Waals surface area contributed by atoms with Crippen molar-refractivity contribution < 1.29 is 23.5 Å². The van der Waals surface area contributed by atoms with E-state index < -0.39 is 5.97 Å². The highest BCUT2D eigenvalue weighted by Gasteiger charge is 2.24. The largest absolute Gasteiger partial charge is 0.497 e. The minimum atomic E-state index is -0.461. The summed E-state index contributed by atoms with van der Waals surface area (Å²) in [7, 11) is 1.61. The first-order valence-corrected chi connectivity index (χ1v) is 11.6. The molecule has 0 atom stereocenters. The van der Waals surface area contributed by atoms with Gasteiger partial charge >= 0.3 is 5.97 Å². The number of hydrogen-bond donors (Lipinski definition) is 1. The minimum Gasteiger partial charge on any atom is -0.497 e. The summed E-state index contributed by atoms with van der Waals surface area (Å²) >= 11 is 1.49. The number of benzene rings is 2. The summed E-state index contributed by atoms with van der Waals surface area (Å²) in [5.41, 5.74) is 3.18. The normalized spacial score (nSPS) is 10.8. The SMILES string of the molecule is COc1ccc(-c2cc(OC(C)=O)c3c(-c4cccs4)c(NC(=O)c4cccnc4)oc3c2)cc1. The number of anilines is 1. The highest BCUT2D eigenvalue weighted by molar-refractivity contribution is 7.13. The number of carbonyl (C=O) groups excluding carboxylic acids is 2. The molecule has 0 bridgehead atoms. The molecule has 174 valence electrons. The lowest BCUT2D eigenvalue weighted by Crippen LogP contribution is -2.12. The van der Waals surface area contributed by atoms with Gasteiger partial charge in [-0.2, -0.15) is 0 Å². The average Bonchev–Trinajstić information content (AvgIpc) is 3.52. The Morgan fingerprint density at radius 3 is 2.51 bits per heavy atom. The first-order chi connectivity index (χ1) is 17.0. The molecule has 1 amide bonds. The van der Waals surface area contributed by atoms with Crippen LogP contribution in [0.3, 0.4) is 0 Å².